The largest absolute Gasteiger partial charge is 0.0836 e. The molecule has 0 spiro atoms. The van der Waals surface area contributed by atoms with Gasteiger partial charge in [0.05, 0.1) is 0 Å². The quantitative estimate of drug-likeness (QED) is 0.222. The van der Waals surface area contributed by atoms with Crippen LogP contribution in [0.5, 0.6) is 0 Å². The maximum Gasteiger partial charge on any atom is -0.00235 e. The van der Waals surface area contributed by atoms with Gasteiger partial charge >= 0.3 is 0 Å². The summed E-state index contributed by atoms with van der Waals surface area (Å²) in [6.45, 7) is 0. The molecule has 40 heavy (non-hydrogen) atoms. The molecule has 0 unspecified atom stereocenters. The number of aryl methyl sites for hydroxylation is 1. The third-order valence-electron chi connectivity index (χ3n) is 8.80. The summed E-state index contributed by atoms with van der Waals surface area (Å²) in [6, 6.07) is 42.6. The van der Waals surface area contributed by atoms with Crippen molar-refractivity contribution in [3.05, 3.63) is 155 Å². The van der Waals surface area contributed by atoms with Crippen LogP contribution in [-0.2, 0) is 12.8 Å². The lowest BCUT2D eigenvalue weighted by molar-refractivity contribution is 0.965. The fourth-order valence-corrected chi connectivity index (χ4v) is 7.01. The van der Waals surface area contributed by atoms with Crippen molar-refractivity contribution in [1.29, 1.82) is 0 Å². The fourth-order valence-electron chi connectivity index (χ4n) is 7.01. The van der Waals surface area contributed by atoms with Gasteiger partial charge in [0.25, 0.3) is 0 Å². The average molecular weight is 511 g/mol. The fraction of sp³-hybridized carbons (Fsp3) is 0.100. The minimum atomic E-state index is 1.07. The molecule has 0 N–H and O–H groups in total. The summed E-state index contributed by atoms with van der Waals surface area (Å²) in [4.78, 5) is 0. The minimum Gasteiger partial charge on any atom is -0.0836 e. The van der Waals surface area contributed by atoms with E-state index in [4.69, 9.17) is 0 Å². The highest BCUT2D eigenvalue weighted by molar-refractivity contribution is 6.11. The van der Waals surface area contributed by atoms with Gasteiger partial charge in [-0.3, -0.25) is 0 Å². The zero-order chi connectivity index (χ0) is 26.5. The lowest BCUT2D eigenvalue weighted by atomic mass is 9.76. The molecule has 0 fully saturated rings. The van der Waals surface area contributed by atoms with Crippen molar-refractivity contribution < 1.29 is 0 Å². The highest BCUT2D eigenvalue weighted by atomic mass is 14.3. The van der Waals surface area contributed by atoms with Crippen molar-refractivity contribution in [2.75, 3.05) is 0 Å². The summed E-state index contributed by atoms with van der Waals surface area (Å²) < 4.78 is 0. The van der Waals surface area contributed by atoms with Crippen LogP contribution in [0.25, 0.3) is 55.4 Å². The van der Waals surface area contributed by atoms with Crippen LogP contribution in [0.2, 0.25) is 0 Å². The summed E-state index contributed by atoms with van der Waals surface area (Å²) in [5, 5.41) is 5.25. The van der Waals surface area contributed by atoms with Crippen molar-refractivity contribution >= 4 is 33.2 Å². The first-order valence-corrected chi connectivity index (χ1v) is 14.5. The van der Waals surface area contributed by atoms with Crippen LogP contribution < -0.4 is 0 Å². The van der Waals surface area contributed by atoms with Crippen LogP contribution in [0.3, 0.4) is 0 Å². The lowest BCUT2D eigenvalue weighted by Crippen LogP contribution is -2.08. The number of benzene rings is 6. The van der Waals surface area contributed by atoms with Crippen molar-refractivity contribution in [3.63, 3.8) is 0 Å². The van der Waals surface area contributed by atoms with Crippen molar-refractivity contribution in [1.82, 2.24) is 0 Å². The van der Waals surface area contributed by atoms with Crippen LogP contribution in [0.15, 0.2) is 127 Å². The first-order valence-electron chi connectivity index (χ1n) is 14.5. The van der Waals surface area contributed by atoms with Gasteiger partial charge in [-0.15, -0.1) is 0 Å². The third-order valence-corrected chi connectivity index (χ3v) is 8.80. The predicted molar refractivity (Wildman–Crippen MR) is 172 cm³/mol. The zero-order valence-corrected chi connectivity index (χ0v) is 22.5. The molecule has 0 atom stereocenters. The molecule has 0 saturated heterocycles. The van der Waals surface area contributed by atoms with Crippen LogP contribution in [0.1, 0.15) is 40.7 Å². The van der Waals surface area contributed by atoms with Crippen molar-refractivity contribution in [3.8, 4) is 22.3 Å². The molecule has 0 aromatic heterocycles. The molecule has 6 aromatic carbocycles. The Morgan fingerprint density at radius 3 is 2.08 bits per heavy atom. The van der Waals surface area contributed by atoms with Crippen LogP contribution in [0.4, 0.5) is 0 Å². The van der Waals surface area contributed by atoms with Gasteiger partial charge < -0.3 is 0 Å². The minimum absolute atomic E-state index is 1.07. The molecule has 8 rings (SSSR count). The Kier molecular flexibility index (Phi) is 5.52. The van der Waals surface area contributed by atoms with Crippen LogP contribution >= 0.6 is 0 Å². The molecule has 190 valence electrons. The number of hydrogen-bond donors (Lipinski definition) is 0. The highest BCUT2D eigenvalue weighted by Crippen LogP contribution is 2.47. The van der Waals surface area contributed by atoms with Gasteiger partial charge in [0.2, 0.25) is 0 Å². The lowest BCUT2D eigenvalue weighted by Gasteiger charge is -2.27. The molecule has 2 aliphatic carbocycles. The van der Waals surface area contributed by atoms with E-state index in [9.17, 15) is 0 Å². The molecular weight excluding hydrogens is 480 g/mol. The van der Waals surface area contributed by atoms with Gasteiger partial charge in [-0.05, 0) is 109 Å². The van der Waals surface area contributed by atoms with Gasteiger partial charge in [-0.1, -0.05) is 127 Å². The number of rotatable bonds is 3. The summed E-state index contributed by atoms with van der Waals surface area (Å²) >= 11 is 0. The van der Waals surface area contributed by atoms with E-state index >= 15 is 0 Å². The molecule has 0 saturated carbocycles. The summed E-state index contributed by atoms with van der Waals surface area (Å²) in [5.74, 6) is 0. The maximum atomic E-state index is 2.49. The SMILES string of the molecule is C1=Cc2c(c(C3=CCCc4ccccc43)c3ccccc3c2-c2ccccc2-c2ccc3ccccc3c2)CC1. The van der Waals surface area contributed by atoms with E-state index in [-0.39, 0.29) is 0 Å². The molecule has 2 aliphatic rings. The number of allylic oxidation sites excluding steroid dienone is 2. The second-order valence-corrected chi connectivity index (χ2v) is 11.0. The number of hydrogen-bond acceptors (Lipinski definition) is 0. The maximum absolute atomic E-state index is 2.49. The van der Waals surface area contributed by atoms with Gasteiger partial charge in [0, 0.05) is 0 Å². The topological polar surface area (TPSA) is 0 Å². The average Bonchev–Trinajstić information content (AvgIpc) is 3.03. The van der Waals surface area contributed by atoms with Gasteiger partial charge in [-0.2, -0.15) is 0 Å². The second kappa shape index (κ2) is 9.50. The zero-order valence-electron chi connectivity index (χ0n) is 22.5. The Labute approximate surface area is 235 Å². The highest BCUT2D eigenvalue weighted by Gasteiger charge is 2.25. The Bertz CT molecular complexity index is 2000. The van der Waals surface area contributed by atoms with E-state index in [2.05, 4.69) is 133 Å². The molecule has 6 aromatic rings. The van der Waals surface area contributed by atoms with Gasteiger partial charge in [0.1, 0.15) is 0 Å². The van der Waals surface area contributed by atoms with E-state index < -0.39 is 0 Å². The van der Waals surface area contributed by atoms with Crippen LogP contribution in [-0.4, -0.2) is 0 Å². The van der Waals surface area contributed by atoms with Crippen molar-refractivity contribution in [2.24, 2.45) is 0 Å². The molecule has 0 heterocycles. The monoisotopic (exact) mass is 510 g/mol. The smallest absolute Gasteiger partial charge is 0.00235 e. The third kappa shape index (κ3) is 3.67. The summed E-state index contributed by atoms with van der Waals surface area (Å²) in [6.07, 6.45) is 11.6. The first kappa shape index (κ1) is 23.2. The van der Waals surface area contributed by atoms with E-state index in [1.807, 2.05) is 0 Å². The molecule has 0 radical (unpaired) electrons. The molecule has 0 nitrogen and oxygen atoms in total. The summed E-state index contributed by atoms with van der Waals surface area (Å²) in [5.41, 5.74) is 13.8. The Morgan fingerprint density at radius 2 is 1.20 bits per heavy atom. The van der Waals surface area contributed by atoms with Gasteiger partial charge in [0.15, 0.2) is 0 Å². The molecule has 0 amide bonds. The normalized spacial score (nSPS) is 14.2. The van der Waals surface area contributed by atoms with Gasteiger partial charge in [-0.25, -0.2) is 0 Å². The Balaban J connectivity index is 1.43. The van der Waals surface area contributed by atoms with E-state index in [1.165, 1.54) is 77.2 Å². The molecular formula is C40H30. The number of fused-ring (bicyclic) bond motifs is 4. The first-order chi connectivity index (χ1) is 19.9. The van der Waals surface area contributed by atoms with Crippen LogP contribution in [0, 0.1) is 0 Å². The molecule has 0 aliphatic heterocycles. The van der Waals surface area contributed by atoms with E-state index in [0.717, 1.165) is 25.7 Å². The Hall–Kier alpha value is -4.68. The van der Waals surface area contributed by atoms with Crippen molar-refractivity contribution in [2.45, 2.75) is 25.7 Å². The predicted octanol–water partition coefficient (Wildman–Crippen LogP) is 10.7. The second-order valence-electron chi connectivity index (χ2n) is 11.0. The summed E-state index contributed by atoms with van der Waals surface area (Å²) in [7, 11) is 0. The van der Waals surface area contributed by atoms with E-state index in [1.54, 1.807) is 0 Å². The molecule has 0 heteroatoms. The Morgan fingerprint density at radius 1 is 0.500 bits per heavy atom. The van der Waals surface area contributed by atoms with E-state index in [0.29, 0.717) is 0 Å². The standard InChI is InChI=1S/C40H30/c1-2-14-29-26-30(25-24-27(29)12-1)32-17-5-6-18-33(32)39-35-19-7-9-21-37(35)40(38-22-10-8-20-36(38)39)34-23-11-15-28-13-3-4-16-31(28)34/h1-9,12-14,16-21,23-26H,10-11,15,22H2. The molecule has 0 bridgehead atoms.